The van der Waals surface area contributed by atoms with Gasteiger partial charge in [-0.05, 0) is 56.2 Å². The largest absolute Gasteiger partial charge is 0.482 e. The van der Waals surface area contributed by atoms with Crippen LogP contribution in [0.5, 0.6) is 5.75 Å². The minimum Gasteiger partial charge on any atom is -0.482 e. The molecular formula is C19H18F3NO4. The number of anilines is 1. The summed E-state index contributed by atoms with van der Waals surface area (Å²) < 4.78 is 49.8. The van der Waals surface area contributed by atoms with Crippen LogP contribution in [0.15, 0.2) is 30.3 Å². The Labute approximate surface area is 154 Å². The molecule has 0 aromatic heterocycles. The molecule has 0 aliphatic carbocycles. The Morgan fingerprint density at radius 1 is 1.04 bits per heavy atom. The molecule has 2 rings (SSSR count). The summed E-state index contributed by atoms with van der Waals surface area (Å²) >= 11 is 0. The lowest BCUT2D eigenvalue weighted by Crippen LogP contribution is -2.32. The number of carbonyl (C=O) groups is 2. The maximum absolute atomic E-state index is 13.6. The third-order valence-corrected chi connectivity index (χ3v) is 3.52. The van der Waals surface area contributed by atoms with E-state index in [1.165, 1.54) is 6.92 Å². The van der Waals surface area contributed by atoms with Crippen LogP contribution in [0.3, 0.4) is 0 Å². The minimum absolute atomic E-state index is 0.431. The average Bonchev–Trinajstić information content (AvgIpc) is 2.59. The quantitative estimate of drug-likeness (QED) is 0.613. The summed E-state index contributed by atoms with van der Waals surface area (Å²) in [4.78, 5) is 23.8. The third kappa shape index (κ3) is 5.47. The zero-order valence-corrected chi connectivity index (χ0v) is 14.9. The molecule has 1 atom stereocenters. The number of ether oxygens (including phenoxy) is 2. The fourth-order valence-electron chi connectivity index (χ4n) is 2.30. The van der Waals surface area contributed by atoms with Crippen molar-refractivity contribution in [1.82, 2.24) is 0 Å². The maximum atomic E-state index is 13.6. The van der Waals surface area contributed by atoms with E-state index in [1.807, 2.05) is 25.2 Å². The van der Waals surface area contributed by atoms with E-state index in [0.717, 1.165) is 17.2 Å². The van der Waals surface area contributed by atoms with Crippen LogP contribution in [-0.2, 0) is 14.3 Å². The van der Waals surface area contributed by atoms with Crippen LogP contribution < -0.4 is 10.1 Å². The number of carbonyl (C=O) groups excluding carboxylic acids is 2. The van der Waals surface area contributed by atoms with E-state index in [1.54, 1.807) is 12.1 Å². The van der Waals surface area contributed by atoms with E-state index in [0.29, 0.717) is 11.8 Å². The van der Waals surface area contributed by atoms with Gasteiger partial charge >= 0.3 is 5.97 Å². The van der Waals surface area contributed by atoms with E-state index in [4.69, 9.17) is 9.47 Å². The molecule has 1 N–H and O–H groups in total. The van der Waals surface area contributed by atoms with E-state index < -0.39 is 47.7 Å². The fraction of sp³-hybridized carbons (Fsp3) is 0.263. The zero-order valence-electron chi connectivity index (χ0n) is 14.9. The second-order valence-corrected chi connectivity index (χ2v) is 5.96. The number of amides is 1. The molecule has 0 aliphatic heterocycles. The lowest BCUT2D eigenvalue weighted by atomic mass is 10.1. The highest BCUT2D eigenvalue weighted by molar-refractivity contribution is 5.95. The van der Waals surface area contributed by atoms with Crippen molar-refractivity contribution in [2.24, 2.45) is 0 Å². The molecule has 0 bridgehead atoms. The van der Waals surface area contributed by atoms with Crippen molar-refractivity contribution in [2.45, 2.75) is 26.9 Å². The predicted octanol–water partition coefficient (Wildman–Crippen LogP) is 3.67. The van der Waals surface area contributed by atoms with Gasteiger partial charge in [0.25, 0.3) is 5.91 Å². The van der Waals surface area contributed by atoms with Gasteiger partial charge in [0.1, 0.15) is 5.75 Å². The summed E-state index contributed by atoms with van der Waals surface area (Å²) in [6.45, 7) is 4.58. The van der Waals surface area contributed by atoms with Crippen LogP contribution in [-0.4, -0.2) is 24.6 Å². The summed E-state index contributed by atoms with van der Waals surface area (Å²) in [6, 6.07) is 6.95. The molecule has 0 fully saturated rings. The molecule has 0 unspecified atom stereocenters. The summed E-state index contributed by atoms with van der Waals surface area (Å²) in [6.07, 6.45) is -1.30. The van der Waals surface area contributed by atoms with Crippen LogP contribution in [0.25, 0.3) is 0 Å². The Bertz CT molecular complexity index is 850. The van der Waals surface area contributed by atoms with Gasteiger partial charge in [0.15, 0.2) is 30.2 Å². The number of nitrogens with one attached hydrogen (secondary N) is 1. The number of esters is 1. The van der Waals surface area contributed by atoms with Gasteiger partial charge in [0, 0.05) is 0 Å². The molecular weight excluding hydrogens is 363 g/mol. The maximum Gasteiger partial charge on any atom is 0.344 e. The average molecular weight is 381 g/mol. The zero-order chi connectivity index (χ0) is 20.1. The van der Waals surface area contributed by atoms with Gasteiger partial charge in [-0.15, -0.1) is 0 Å². The summed E-state index contributed by atoms with van der Waals surface area (Å²) in [5, 5.41) is 2.03. The second-order valence-electron chi connectivity index (χ2n) is 5.96. The van der Waals surface area contributed by atoms with E-state index in [-0.39, 0.29) is 0 Å². The molecule has 8 heteroatoms. The highest BCUT2D eigenvalue weighted by Gasteiger charge is 2.21. The first kappa shape index (κ1) is 20.3. The van der Waals surface area contributed by atoms with Gasteiger partial charge in [0.2, 0.25) is 0 Å². The summed E-state index contributed by atoms with van der Waals surface area (Å²) in [5.74, 6) is -5.87. The Balaban J connectivity index is 1.90. The molecule has 0 heterocycles. The summed E-state index contributed by atoms with van der Waals surface area (Å²) in [5.41, 5.74) is 1.35. The minimum atomic E-state index is -1.71. The number of benzene rings is 2. The van der Waals surface area contributed by atoms with Gasteiger partial charge in [-0.1, -0.05) is 6.07 Å². The van der Waals surface area contributed by atoms with Crippen molar-refractivity contribution in [3.8, 4) is 5.75 Å². The molecule has 144 valence electrons. The normalized spacial score (nSPS) is 11.6. The highest BCUT2D eigenvalue weighted by atomic mass is 19.2. The molecule has 0 saturated carbocycles. The number of aryl methyl sites for hydroxylation is 2. The Morgan fingerprint density at radius 2 is 1.67 bits per heavy atom. The third-order valence-electron chi connectivity index (χ3n) is 3.52. The standard InChI is InChI=1S/C19H18F3NO4/c1-10-6-11(2)8-13(7-10)26-9-16(24)27-12(3)19(25)23-15-5-4-14(20)17(21)18(15)22/h4-8,12H,9H2,1-3H3,(H,23,25)/t12-/m1/s1. The second kappa shape index (κ2) is 8.57. The number of halogens is 3. The smallest absolute Gasteiger partial charge is 0.344 e. The fourth-order valence-corrected chi connectivity index (χ4v) is 2.30. The molecule has 0 spiro atoms. The lowest BCUT2D eigenvalue weighted by molar-refractivity contribution is -0.155. The van der Waals surface area contributed by atoms with Gasteiger partial charge in [-0.2, -0.15) is 0 Å². The Kier molecular flexibility index (Phi) is 6.44. The van der Waals surface area contributed by atoms with Crippen LogP contribution in [0.1, 0.15) is 18.1 Å². The number of hydrogen-bond donors (Lipinski definition) is 1. The molecule has 0 saturated heterocycles. The van der Waals surface area contributed by atoms with Crippen molar-refractivity contribution in [3.05, 3.63) is 58.9 Å². The first-order valence-electron chi connectivity index (χ1n) is 8.02. The Morgan fingerprint density at radius 3 is 2.30 bits per heavy atom. The molecule has 27 heavy (non-hydrogen) atoms. The van der Waals surface area contributed by atoms with Crippen LogP contribution in [0.4, 0.5) is 18.9 Å². The van der Waals surface area contributed by atoms with Crippen LogP contribution >= 0.6 is 0 Å². The molecule has 1 amide bonds. The molecule has 5 nitrogen and oxygen atoms in total. The first-order valence-corrected chi connectivity index (χ1v) is 8.02. The Hall–Kier alpha value is -3.03. The topological polar surface area (TPSA) is 64.6 Å². The van der Waals surface area contributed by atoms with E-state index in [9.17, 15) is 22.8 Å². The molecule has 0 aliphatic rings. The number of rotatable bonds is 6. The van der Waals surface area contributed by atoms with Gasteiger partial charge in [-0.25, -0.2) is 18.0 Å². The van der Waals surface area contributed by atoms with Crippen molar-refractivity contribution < 1.29 is 32.2 Å². The molecule has 2 aromatic rings. The van der Waals surface area contributed by atoms with E-state index in [2.05, 4.69) is 0 Å². The SMILES string of the molecule is Cc1cc(C)cc(OCC(=O)O[C@H](C)C(=O)Nc2ccc(F)c(F)c2F)c1. The molecule has 2 aromatic carbocycles. The van der Waals surface area contributed by atoms with Crippen molar-refractivity contribution in [2.75, 3.05) is 11.9 Å². The summed E-state index contributed by atoms with van der Waals surface area (Å²) in [7, 11) is 0. The highest BCUT2D eigenvalue weighted by Crippen LogP contribution is 2.20. The molecule has 0 radical (unpaired) electrons. The van der Waals surface area contributed by atoms with Crippen molar-refractivity contribution in [1.29, 1.82) is 0 Å². The number of hydrogen-bond acceptors (Lipinski definition) is 4. The lowest BCUT2D eigenvalue weighted by Gasteiger charge is -2.14. The van der Waals surface area contributed by atoms with Gasteiger partial charge in [-0.3, -0.25) is 4.79 Å². The van der Waals surface area contributed by atoms with Crippen LogP contribution in [0, 0.1) is 31.3 Å². The predicted molar refractivity (Wildman–Crippen MR) is 91.9 cm³/mol. The van der Waals surface area contributed by atoms with Crippen molar-refractivity contribution >= 4 is 17.6 Å². The monoisotopic (exact) mass is 381 g/mol. The van der Waals surface area contributed by atoms with E-state index >= 15 is 0 Å². The van der Waals surface area contributed by atoms with Gasteiger partial charge in [0.05, 0.1) is 5.69 Å². The van der Waals surface area contributed by atoms with Crippen LogP contribution in [0.2, 0.25) is 0 Å². The first-order chi connectivity index (χ1) is 12.7. The van der Waals surface area contributed by atoms with Crippen molar-refractivity contribution in [3.63, 3.8) is 0 Å². The van der Waals surface area contributed by atoms with Gasteiger partial charge < -0.3 is 14.8 Å².